The first-order valence-electron chi connectivity index (χ1n) is 5.27. The van der Waals surface area contributed by atoms with Crippen LogP contribution in [-0.4, -0.2) is 27.8 Å². The van der Waals surface area contributed by atoms with Crippen LogP contribution in [0.5, 0.6) is 0 Å². The van der Waals surface area contributed by atoms with Crippen LogP contribution >= 0.6 is 0 Å². The SMILES string of the molecule is CCC(C)S(=O)C1CCCC1NC. The van der Waals surface area contributed by atoms with Crippen LogP contribution in [0.1, 0.15) is 39.5 Å². The minimum atomic E-state index is -0.633. The van der Waals surface area contributed by atoms with Gasteiger partial charge in [-0.25, -0.2) is 0 Å². The molecule has 0 aliphatic heterocycles. The molecule has 0 saturated heterocycles. The molecule has 78 valence electrons. The van der Waals surface area contributed by atoms with Crippen molar-refractivity contribution in [2.24, 2.45) is 0 Å². The molecule has 1 saturated carbocycles. The molecule has 0 aromatic carbocycles. The summed E-state index contributed by atoms with van der Waals surface area (Å²) in [6, 6.07) is 0.495. The maximum atomic E-state index is 12.0. The lowest BCUT2D eigenvalue weighted by molar-refractivity contribution is 0.571. The Morgan fingerprint density at radius 1 is 1.54 bits per heavy atom. The molecular formula is C10H21NOS. The van der Waals surface area contributed by atoms with Gasteiger partial charge in [0, 0.05) is 22.1 Å². The monoisotopic (exact) mass is 203 g/mol. The van der Waals surface area contributed by atoms with Gasteiger partial charge in [-0.2, -0.15) is 0 Å². The Labute approximate surface area is 83.9 Å². The highest BCUT2D eigenvalue weighted by atomic mass is 32.2. The van der Waals surface area contributed by atoms with Crippen molar-refractivity contribution in [2.45, 2.75) is 56.1 Å². The molecule has 1 aliphatic carbocycles. The lowest BCUT2D eigenvalue weighted by Gasteiger charge is -2.21. The van der Waals surface area contributed by atoms with Crippen LogP contribution < -0.4 is 5.32 Å². The number of hydrogen-bond donors (Lipinski definition) is 1. The molecule has 0 heterocycles. The predicted molar refractivity (Wildman–Crippen MR) is 58.4 cm³/mol. The first-order valence-corrected chi connectivity index (χ1v) is 6.55. The molecule has 4 atom stereocenters. The Balaban J connectivity index is 2.54. The Morgan fingerprint density at radius 2 is 2.23 bits per heavy atom. The van der Waals surface area contributed by atoms with Gasteiger partial charge in [-0.05, 0) is 26.3 Å². The average molecular weight is 203 g/mol. The van der Waals surface area contributed by atoms with E-state index in [1.807, 2.05) is 7.05 Å². The van der Waals surface area contributed by atoms with Gasteiger partial charge in [0.2, 0.25) is 0 Å². The maximum Gasteiger partial charge on any atom is 0.0503 e. The van der Waals surface area contributed by atoms with Crippen molar-refractivity contribution < 1.29 is 4.21 Å². The van der Waals surface area contributed by atoms with E-state index < -0.39 is 10.8 Å². The van der Waals surface area contributed by atoms with Crippen molar-refractivity contribution in [2.75, 3.05) is 7.05 Å². The molecule has 0 spiro atoms. The molecular weight excluding hydrogens is 182 g/mol. The average Bonchev–Trinajstić information content (AvgIpc) is 2.62. The summed E-state index contributed by atoms with van der Waals surface area (Å²) >= 11 is 0. The van der Waals surface area contributed by atoms with Gasteiger partial charge in [-0.1, -0.05) is 20.3 Å². The van der Waals surface area contributed by atoms with Crippen LogP contribution in [0, 0.1) is 0 Å². The Hall–Kier alpha value is 0.110. The van der Waals surface area contributed by atoms with Gasteiger partial charge in [0.05, 0.1) is 5.25 Å². The van der Waals surface area contributed by atoms with E-state index in [2.05, 4.69) is 19.2 Å². The molecule has 2 nitrogen and oxygen atoms in total. The molecule has 0 amide bonds. The van der Waals surface area contributed by atoms with Crippen LogP contribution in [0.25, 0.3) is 0 Å². The maximum absolute atomic E-state index is 12.0. The van der Waals surface area contributed by atoms with Gasteiger partial charge in [0.25, 0.3) is 0 Å². The molecule has 0 bridgehead atoms. The van der Waals surface area contributed by atoms with Gasteiger partial charge in [0.15, 0.2) is 0 Å². The Morgan fingerprint density at radius 3 is 2.77 bits per heavy atom. The third-order valence-electron chi connectivity index (χ3n) is 3.09. The minimum absolute atomic E-state index is 0.360. The van der Waals surface area contributed by atoms with E-state index in [4.69, 9.17) is 0 Å². The van der Waals surface area contributed by atoms with Crippen LogP contribution in [0.3, 0.4) is 0 Å². The highest BCUT2D eigenvalue weighted by Crippen LogP contribution is 2.26. The van der Waals surface area contributed by atoms with E-state index >= 15 is 0 Å². The smallest absolute Gasteiger partial charge is 0.0503 e. The topological polar surface area (TPSA) is 29.1 Å². The third kappa shape index (κ3) is 2.53. The standard InChI is InChI=1S/C10H21NOS/c1-4-8(2)13(12)10-7-5-6-9(10)11-3/h8-11H,4-7H2,1-3H3. The largest absolute Gasteiger partial charge is 0.316 e. The van der Waals surface area contributed by atoms with E-state index in [0.717, 1.165) is 12.8 Å². The van der Waals surface area contributed by atoms with Crippen molar-refractivity contribution in [1.82, 2.24) is 5.32 Å². The lowest BCUT2D eigenvalue weighted by atomic mass is 10.2. The fraction of sp³-hybridized carbons (Fsp3) is 1.00. The molecule has 0 aromatic heterocycles. The van der Waals surface area contributed by atoms with Gasteiger partial charge < -0.3 is 5.32 Å². The van der Waals surface area contributed by atoms with Crippen LogP contribution in [-0.2, 0) is 10.8 Å². The summed E-state index contributed by atoms with van der Waals surface area (Å²) < 4.78 is 12.0. The summed E-state index contributed by atoms with van der Waals surface area (Å²) in [7, 11) is 1.35. The second-order valence-electron chi connectivity index (χ2n) is 3.91. The highest BCUT2D eigenvalue weighted by molar-refractivity contribution is 7.86. The molecule has 1 fully saturated rings. The fourth-order valence-corrected chi connectivity index (χ4v) is 3.92. The van der Waals surface area contributed by atoms with E-state index in [0.29, 0.717) is 16.5 Å². The molecule has 13 heavy (non-hydrogen) atoms. The third-order valence-corrected chi connectivity index (χ3v) is 5.38. The quantitative estimate of drug-likeness (QED) is 0.753. The number of hydrogen-bond acceptors (Lipinski definition) is 2. The molecule has 3 heteroatoms. The zero-order valence-electron chi connectivity index (χ0n) is 8.88. The van der Waals surface area contributed by atoms with E-state index in [1.165, 1.54) is 12.8 Å². The molecule has 1 rings (SSSR count). The predicted octanol–water partition coefficient (Wildman–Crippen LogP) is 1.67. The molecule has 0 radical (unpaired) electrons. The number of nitrogens with one attached hydrogen (secondary N) is 1. The van der Waals surface area contributed by atoms with E-state index in [9.17, 15) is 4.21 Å². The van der Waals surface area contributed by atoms with Gasteiger partial charge in [0.1, 0.15) is 0 Å². The summed E-state index contributed by atoms with van der Waals surface area (Å²) in [5.74, 6) is 0. The van der Waals surface area contributed by atoms with Crippen LogP contribution in [0.4, 0.5) is 0 Å². The fourth-order valence-electron chi connectivity index (χ4n) is 2.00. The van der Waals surface area contributed by atoms with Crippen molar-refractivity contribution in [1.29, 1.82) is 0 Å². The second-order valence-corrected chi connectivity index (χ2v) is 5.98. The summed E-state index contributed by atoms with van der Waals surface area (Å²) in [5.41, 5.74) is 0. The van der Waals surface area contributed by atoms with Gasteiger partial charge in [-0.3, -0.25) is 4.21 Å². The Bertz CT molecular complexity index is 184. The zero-order chi connectivity index (χ0) is 9.84. The molecule has 0 aromatic rings. The summed E-state index contributed by atoms with van der Waals surface area (Å²) in [4.78, 5) is 0. The summed E-state index contributed by atoms with van der Waals surface area (Å²) in [5, 5.41) is 4.04. The van der Waals surface area contributed by atoms with Crippen molar-refractivity contribution in [3.63, 3.8) is 0 Å². The lowest BCUT2D eigenvalue weighted by Crippen LogP contribution is -2.38. The summed E-state index contributed by atoms with van der Waals surface area (Å²) in [6.45, 7) is 4.22. The first kappa shape index (κ1) is 11.2. The molecule has 4 unspecified atom stereocenters. The van der Waals surface area contributed by atoms with Crippen LogP contribution in [0.2, 0.25) is 0 Å². The van der Waals surface area contributed by atoms with Crippen molar-refractivity contribution >= 4 is 10.8 Å². The molecule has 1 N–H and O–H groups in total. The second kappa shape index (κ2) is 5.11. The van der Waals surface area contributed by atoms with E-state index in [-0.39, 0.29) is 0 Å². The Kier molecular flexibility index (Phi) is 4.39. The first-order chi connectivity index (χ1) is 6.20. The summed E-state index contributed by atoms with van der Waals surface area (Å²) in [6.07, 6.45) is 4.60. The highest BCUT2D eigenvalue weighted by Gasteiger charge is 2.32. The zero-order valence-corrected chi connectivity index (χ0v) is 9.69. The number of rotatable bonds is 4. The van der Waals surface area contributed by atoms with E-state index in [1.54, 1.807) is 0 Å². The van der Waals surface area contributed by atoms with Gasteiger partial charge >= 0.3 is 0 Å². The normalized spacial score (nSPS) is 33.2. The van der Waals surface area contributed by atoms with Gasteiger partial charge in [-0.15, -0.1) is 0 Å². The molecule has 1 aliphatic rings. The van der Waals surface area contributed by atoms with Crippen molar-refractivity contribution in [3.8, 4) is 0 Å². The van der Waals surface area contributed by atoms with Crippen LogP contribution in [0.15, 0.2) is 0 Å². The minimum Gasteiger partial charge on any atom is -0.316 e. The van der Waals surface area contributed by atoms with Crippen molar-refractivity contribution in [3.05, 3.63) is 0 Å².